The second kappa shape index (κ2) is 6.12. The minimum absolute atomic E-state index is 0.0153. The van der Waals surface area contributed by atoms with Crippen molar-refractivity contribution in [2.45, 2.75) is 24.5 Å². The summed E-state index contributed by atoms with van der Waals surface area (Å²) in [6, 6.07) is 15.8. The number of aliphatic carboxylic acids is 1. The summed E-state index contributed by atoms with van der Waals surface area (Å²) in [6.07, 6.45) is -2.69. The molecule has 0 aromatic heterocycles. The number of fused-ring (bicyclic) bond motifs is 2. The van der Waals surface area contributed by atoms with Gasteiger partial charge in [0.1, 0.15) is 5.75 Å². The third kappa shape index (κ3) is 2.61. The third-order valence-electron chi connectivity index (χ3n) is 4.64. The van der Waals surface area contributed by atoms with Crippen LogP contribution in [0.3, 0.4) is 0 Å². The molecule has 26 heavy (non-hydrogen) atoms. The van der Waals surface area contributed by atoms with Gasteiger partial charge in [0, 0.05) is 6.54 Å². The maximum Gasteiger partial charge on any atom is 0.336 e. The summed E-state index contributed by atoms with van der Waals surface area (Å²) in [7, 11) is 0. The molecule has 0 spiro atoms. The highest BCUT2D eigenvalue weighted by atomic mass is 16.8. The first-order chi connectivity index (χ1) is 12.5. The number of amides is 1. The number of ether oxygens (including phenoxy) is 2. The van der Waals surface area contributed by atoms with Crippen molar-refractivity contribution < 1.29 is 29.3 Å². The molecule has 2 N–H and O–H groups in total. The maximum absolute atomic E-state index is 12.8. The number of hydrogen-bond donors (Lipinski definition) is 2. The molecular formula is C19H17NO6. The zero-order chi connectivity index (χ0) is 18.3. The molecule has 0 saturated carbocycles. The van der Waals surface area contributed by atoms with E-state index in [-0.39, 0.29) is 12.3 Å². The van der Waals surface area contributed by atoms with Crippen LogP contribution in [0.1, 0.15) is 11.1 Å². The van der Waals surface area contributed by atoms with Gasteiger partial charge in [-0.1, -0.05) is 42.5 Å². The van der Waals surface area contributed by atoms with Crippen LogP contribution in [-0.2, 0) is 31.4 Å². The molecule has 2 fully saturated rings. The Morgan fingerprint density at radius 1 is 1.12 bits per heavy atom. The van der Waals surface area contributed by atoms with Gasteiger partial charge in [-0.3, -0.25) is 4.79 Å². The van der Waals surface area contributed by atoms with Crippen molar-refractivity contribution in [3.05, 3.63) is 65.7 Å². The molecule has 3 atom stereocenters. The monoisotopic (exact) mass is 355 g/mol. The zero-order valence-corrected chi connectivity index (χ0v) is 13.7. The van der Waals surface area contributed by atoms with Crippen LogP contribution >= 0.6 is 0 Å². The maximum atomic E-state index is 12.8. The Balaban J connectivity index is 1.73. The number of aromatic hydroxyl groups is 1. The molecule has 7 nitrogen and oxygen atoms in total. The second-order valence-electron chi connectivity index (χ2n) is 6.37. The topological polar surface area (TPSA) is 96.3 Å². The van der Waals surface area contributed by atoms with Gasteiger partial charge in [0.2, 0.25) is 5.79 Å². The predicted molar refractivity (Wildman–Crippen MR) is 89.0 cm³/mol. The highest BCUT2D eigenvalue weighted by Crippen LogP contribution is 2.45. The number of carbonyl (C=O) groups excluding carboxylic acids is 1. The van der Waals surface area contributed by atoms with Crippen molar-refractivity contribution in [3.63, 3.8) is 0 Å². The fourth-order valence-corrected chi connectivity index (χ4v) is 3.45. The summed E-state index contributed by atoms with van der Waals surface area (Å²) in [5, 5.41) is 19.7. The zero-order valence-electron chi connectivity index (χ0n) is 13.7. The van der Waals surface area contributed by atoms with Crippen LogP contribution in [0.25, 0.3) is 0 Å². The van der Waals surface area contributed by atoms with Crippen LogP contribution < -0.4 is 0 Å². The number of hydrogen-bond acceptors (Lipinski definition) is 5. The number of phenols is 1. The molecule has 4 rings (SSSR count). The number of rotatable bonds is 4. The first kappa shape index (κ1) is 16.6. The van der Waals surface area contributed by atoms with Gasteiger partial charge in [0.15, 0.2) is 12.2 Å². The number of carboxylic acid groups (broad SMARTS) is 1. The summed E-state index contributed by atoms with van der Waals surface area (Å²) < 4.78 is 11.4. The van der Waals surface area contributed by atoms with Gasteiger partial charge >= 0.3 is 5.97 Å². The van der Waals surface area contributed by atoms with Crippen molar-refractivity contribution >= 4 is 11.9 Å². The largest absolute Gasteiger partial charge is 0.507 e. The van der Waals surface area contributed by atoms with E-state index in [0.717, 1.165) is 5.56 Å². The van der Waals surface area contributed by atoms with Crippen molar-refractivity contribution in [3.8, 4) is 5.75 Å². The average molecular weight is 355 g/mol. The first-order valence-electron chi connectivity index (χ1n) is 8.20. The van der Waals surface area contributed by atoms with Crippen LogP contribution in [0.5, 0.6) is 5.75 Å². The lowest BCUT2D eigenvalue weighted by Gasteiger charge is -2.38. The highest BCUT2D eigenvalue weighted by Gasteiger charge is 2.61. The predicted octanol–water partition coefficient (Wildman–Crippen LogP) is 1.46. The van der Waals surface area contributed by atoms with E-state index in [0.29, 0.717) is 12.1 Å². The molecule has 134 valence electrons. The van der Waals surface area contributed by atoms with Gasteiger partial charge in [-0.05, 0) is 17.7 Å². The molecule has 2 aliphatic rings. The number of morpholine rings is 1. The van der Waals surface area contributed by atoms with Gasteiger partial charge in [-0.25, -0.2) is 4.79 Å². The lowest BCUT2D eigenvalue weighted by Crippen LogP contribution is -2.53. The molecule has 7 heteroatoms. The fourth-order valence-electron chi connectivity index (χ4n) is 3.45. The first-order valence-corrected chi connectivity index (χ1v) is 8.20. The second-order valence-corrected chi connectivity index (χ2v) is 6.37. The molecule has 0 aliphatic carbocycles. The van der Waals surface area contributed by atoms with Crippen LogP contribution in [0.2, 0.25) is 0 Å². The quantitative estimate of drug-likeness (QED) is 0.862. The molecule has 0 radical (unpaired) electrons. The molecule has 2 heterocycles. The number of phenolic OH excluding ortho intramolecular Hbond substituents is 1. The Morgan fingerprint density at radius 3 is 2.50 bits per heavy atom. The summed E-state index contributed by atoms with van der Waals surface area (Å²) in [5.41, 5.74) is 1.21. The van der Waals surface area contributed by atoms with Crippen LogP contribution in [0.15, 0.2) is 54.6 Å². The van der Waals surface area contributed by atoms with E-state index in [4.69, 9.17) is 9.47 Å². The molecule has 2 saturated heterocycles. The molecule has 1 amide bonds. The Hall–Kier alpha value is -2.90. The van der Waals surface area contributed by atoms with E-state index >= 15 is 0 Å². The van der Waals surface area contributed by atoms with Crippen molar-refractivity contribution in [1.29, 1.82) is 0 Å². The summed E-state index contributed by atoms with van der Waals surface area (Å²) in [4.78, 5) is 25.8. The smallest absolute Gasteiger partial charge is 0.336 e. The van der Waals surface area contributed by atoms with Gasteiger partial charge in [0.05, 0.1) is 12.1 Å². The molecular weight excluding hydrogens is 338 g/mol. The van der Waals surface area contributed by atoms with Crippen molar-refractivity contribution in [2.24, 2.45) is 0 Å². The highest BCUT2D eigenvalue weighted by molar-refractivity contribution is 5.89. The summed E-state index contributed by atoms with van der Waals surface area (Å²) in [5.74, 6) is -3.31. The van der Waals surface area contributed by atoms with Gasteiger partial charge in [-0.2, -0.15) is 0 Å². The Bertz CT molecular complexity index is 854. The lowest BCUT2D eigenvalue weighted by molar-refractivity contribution is -0.220. The average Bonchev–Trinajstić information content (AvgIpc) is 2.97. The Morgan fingerprint density at radius 2 is 1.81 bits per heavy atom. The van der Waals surface area contributed by atoms with E-state index in [2.05, 4.69) is 0 Å². The van der Waals surface area contributed by atoms with Gasteiger partial charge < -0.3 is 24.6 Å². The van der Waals surface area contributed by atoms with Gasteiger partial charge in [-0.15, -0.1) is 0 Å². The molecule has 2 bridgehead atoms. The van der Waals surface area contributed by atoms with E-state index < -0.39 is 29.9 Å². The van der Waals surface area contributed by atoms with Crippen LogP contribution in [-0.4, -0.2) is 45.7 Å². The molecule has 3 unspecified atom stereocenters. The number of benzene rings is 2. The number of para-hydroxylation sites is 1. The van der Waals surface area contributed by atoms with Gasteiger partial charge in [0.25, 0.3) is 5.91 Å². The van der Waals surface area contributed by atoms with Crippen LogP contribution in [0, 0.1) is 0 Å². The molecule has 2 aromatic carbocycles. The minimum atomic E-state index is -1.51. The lowest BCUT2D eigenvalue weighted by atomic mass is 10.0. The SMILES string of the molecule is O=C(O)C1OC2(c3ccccc3O)CN(Cc3ccccc3)C(=O)C1O2. The Labute approximate surface area is 149 Å². The van der Waals surface area contributed by atoms with Crippen molar-refractivity contribution in [2.75, 3.05) is 6.54 Å². The van der Waals surface area contributed by atoms with E-state index in [1.54, 1.807) is 18.2 Å². The number of carboxylic acids is 1. The minimum Gasteiger partial charge on any atom is -0.507 e. The molecule has 2 aliphatic heterocycles. The Kier molecular flexibility index (Phi) is 3.90. The fraction of sp³-hybridized carbons (Fsp3) is 0.263. The van der Waals surface area contributed by atoms with E-state index in [9.17, 15) is 19.8 Å². The van der Waals surface area contributed by atoms with Crippen molar-refractivity contribution in [1.82, 2.24) is 4.90 Å². The normalized spacial score (nSPS) is 27.5. The van der Waals surface area contributed by atoms with E-state index in [1.165, 1.54) is 11.0 Å². The summed E-state index contributed by atoms with van der Waals surface area (Å²) in [6.45, 7) is 0.281. The summed E-state index contributed by atoms with van der Waals surface area (Å²) >= 11 is 0. The molecule has 2 aromatic rings. The van der Waals surface area contributed by atoms with Crippen LogP contribution in [0.4, 0.5) is 0 Å². The standard InChI is InChI=1S/C19H17NO6/c21-14-9-5-4-8-13(14)19-11-20(10-12-6-2-1-3-7-12)17(22)15(25-19)16(26-19)18(23)24/h1-9,15-16,21H,10-11H2,(H,23,24). The third-order valence-corrected chi connectivity index (χ3v) is 4.64. The number of nitrogens with zero attached hydrogens (tertiary/aromatic N) is 1. The number of carbonyl (C=O) groups is 2. The van der Waals surface area contributed by atoms with E-state index in [1.807, 2.05) is 30.3 Å².